The molecule has 0 fully saturated rings. The van der Waals surface area contributed by atoms with Gasteiger partial charge in [-0.2, -0.15) is 10.5 Å². The lowest BCUT2D eigenvalue weighted by Crippen LogP contribution is -2.15. The molecular weight excluding hydrogens is 288 g/mol. The van der Waals surface area contributed by atoms with E-state index in [1.54, 1.807) is 24.3 Å². The molecule has 0 spiro atoms. The van der Waals surface area contributed by atoms with Gasteiger partial charge in [-0.25, -0.2) is 0 Å². The minimum Gasteiger partial charge on any atom is -0.360 e. The highest BCUT2D eigenvalue weighted by molar-refractivity contribution is 6.07. The molecule has 0 saturated heterocycles. The molecule has 2 N–H and O–H groups in total. The third-order valence-electron chi connectivity index (χ3n) is 3.06. The van der Waals surface area contributed by atoms with E-state index in [4.69, 9.17) is 10.5 Å². The number of rotatable bonds is 4. The Hall–Kier alpha value is -3.57. The van der Waals surface area contributed by atoms with Crippen molar-refractivity contribution >= 4 is 17.3 Å². The van der Waals surface area contributed by atoms with Crippen LogP contribution in [0.5, 0.6) is 0 Å². The number of anilines is 2. The van der Waals surface area contributed by atoms with Crippen LogP contribution in [0.2, 0.25) is 0 Å². The van der Waals surface area contributed by atoms with E-state index in [9.17, 15) is 4.79 Å². The Bertz CT molecular complexity index is 841. The summed E-state index contributed by atoms with van der Waals surface area (Å²) in [6.07, 6.45) is 1.35. The van der Waals surface area contributed by atoms with E-state index >= 15 is 0 Å². The van der Waals surface area contributed by atoms with E-state index in [0.717, 1.165) is 11.3 Å². The van der Waals surface area contributed by atoms with Crippen LogP contribution < -0.4 is 10.6 Å². The average Bonchev–Trinajstić information content (AvgIpc) is 2.56. The number of nitrogens with zero attached hydrogens (tertiary/aromatic N) is 2. The molecule has 0 aliphatic rings. The summed E-state index contributed by atoms with van der Waals surface area (Å²) >= 11 is 0. The molecule has 0 bridgehead atoms. The van der Waals surface area contributed by atoms with Gasteiger partial charge in [0, 0.05) is 11.9 Å². The fraction of sp³-hybridized carbons (Fsp3) is 0.0556. The second-order valence-electron chi connectivity index (χ2n) is 4.80. The average molecular weight is 302 g/mol. The normalized spacial score (nSPS) is 10.3. The second-order valence-corrected chi connectivity index (χ2v) is 4.80. The lowest BCUT2D eigenvalue weighted by Gasteiger charge is -2.07. The van der Waals surface area contributed by atoms with Gasteiger partial charge in [0.25, 0.3) is 5.91 Å². The van der Waals surface area contributed by atoms with Crippen molar-refractivity contribution in [3.05, 3.63) is 71.4 Å². The van der Waals surface area contributed by atoms with Gasteiger partial charge in [0.15, 0.2) is 0 Å². The van der Waals surface area contributed by atoms with Crippen LogP contribution >= 0.6 is 0 Å². The number of amides is 1. The molecule has 2 aromatic rings. The predicted molar refractivity (Wildman–Crippen MR) is 88.3 cm³/mol. The van der Waals surface area contributed by atoms with Crippen molar-refractivity contribution < 1.29 is 4.79 Å². The van der Waals surface area contributed by atoms with Crippen molar-refractivity contribution in [2.75, 3.05) is 10.6 Å². The van der Waals surface area contributed by atoms with Crippen LogP contribution in [0.25, 0.3) is 0 Å². The highest BCUT2D eigenvalue weighted by Gasteiger charge is 2.11. The van der Waals surface area contributed by atoms with E-state index in [1.807, 2.05) is 43.3 Å². The molecule has 112 valence electrons. The molecule has 5 nitrogen and oxygen atoms in total. The molecule has 0 atom stereocenters. The van der Waals surface area contributed by atoms with Crippen LogP contribution in [-0.4, -0.2) is 5.91 Å². The van der Waals surface area contributed by atoms with Crippen LogP contribution in [0.4, 0.5) is 11.4 Å². The number of nitriles is 2. The zero-order chi connectivity index (χ0) is 16.7. The van der Waals surface area contributed by atoms with Gasteiger partial charge in [0.2, 0.25) is 0 Å². The van der Waals surface area contributed by atoms with Crippen LogP contribution in [0.1, 0.15) is 11.1 Å². The molecule has 1 amide bonds. The number of para-hydroxylation sites is 1. The summed E-state index contributed by atoms with van der Waals surface area (Å²) < 4.78 is 0. The lowest BCUT2D eigenvalue weighted by atomic mass is 10.2. The molecule has 2 aromatic carbocycles. The molecule has 0 unspecified atom stereocenters. The van der Waals surface area contributed by atoms with Gasteiger partial charge in [-0.15, -0.1) is 0 Å². The van der Waals surface area contributed by atoms with Gasteiger partial charge in [-0.1, -0.05) is 24.3 Å². The Labute approximate surface area is 134 Å². The van der Waals surface area contributed by atoms with Crippen LogP contribution in [0.3, 0.4) is 0 Å². The maximum Gasteiger partial charge on any atom is 0.267 e. The molecule has 0 aromatic heterocycles. The van der Waals surface area contributed by atoms with Crippen molar-refractivity contribution in [3.63, 3.8) is 0 Å². The van der Waals surface area contributed by atoms with Crippen molar-refractivity contribution in [1.29, 1.82) is 10.5 Å². The summed E-state index contributed by atoms with van der Waals surface area (Å²) in [5.41, 5.74) is 2.47. The van der Waals surface area contributed by atoms with Gasteiger partial charge in [-0.3, -0.25) is 4.79 Å². The smallest absolute Gasteiger partial charge is 0.267 e. The molecule has 5 heteroatoms. The van der Waals surface area contributed by atoms with Crippen molar-refractivity contribution in [2.24, 2.45) is 0 Å². The molecule has 0 radical (unpaired) electrons. The van der Waals surface area contributed by atoms with Crippen molar-refractivity contribution in [2.45, 2.75) is 6.92 Å². The molecule has 0 aliphatic heterocycles. The highest BCUT2D eigenvalue weighted by atomic mass is 16.1. The summed E-state index contributed by atoms with van der Waals surface area (Å²) in [5, 5.41) is 23.7. The molecule has 2 rings (SSSR count). The van der Waals surface area contributed by atoms with Crippen LogP contribution in [0.15, 0.2) is 60.3 Å². The standard InChI is InChI=1S/C18H14N4O/c1-13-5-4-7-16(9-13)21-12-15(11-20)18(23)22-17-8-3-2-6-14(17)10-19/h2-9,12,21H,1H3,(H,22,23)/b15-12-. The number of carbonyl (C=O) groups is 1. The topological polar surface area (TPSA) is 88.7 Å². The van der Waals surface area contributed by atoms with E-state index < -0.39 is 5.91 Å². The summed E-state index contributed by atoms with van der Waals surface area (Å²) in [7, 11) is 0. The van der Waals surface area contributed by atoms with Crippen molar-refractivity contribution in [1.82, 2.24) is 0 Å². The largest absolute Gasteiger partial charge is 0.360 e. The number of aryl methyl sites for hydroxylation is 1. The van der Waals surface area contributed by atoms with E-state index in [2.05, 4.69) is 10.6 Å². The minimum absolute atomic E-state index is 0.0840. The van der Waals surface area contributed by atoms with Crippen LogP contribution in [-0.2, 0) is 4.79 Å². The van der Waals surface area contributed by atoms with E-state index in [-0.39, 0.29) is 5.57 Å². The fourth-order valence-electron chi connectivity index (χ4n) is 1.92. The Kier molecular flexibility index (Phi) is 5.12. The quantitative estimate of drug-likeness (QED) is 0.669. The predicted octanol–water partition coefficient (Wildman–Crippen LogP) is 3.32. The molecular formula is C18H14N4O. The number of benzene rings is 2. The molecule has 0 aliphatic carbocycles. The van der Waals surface area contributed by atoms with E-state index in [0.29, 0.717) is 11.3 Å². The van der Waals surface area contributed by atoms with Gasteiger partial charge in [0.05, 0.1) is 11.3 Å². The maximum atomic E-state index is 12.1. The highest BCUT2D eigenvalue weighted by Crippen LogP contribution is 2.15. The Morgan fingerprint density at radius 3 is 2.61 bits per heavy atom. The molecule has 0 heterocycles. The van der Waals surface area contributed by atoms with Gasteiger partial charge < -0.3 is 10.6 Å². The Morgan fingerprint density at radius 2 is 1.91 bits per heavy atom. The van der Waals surface area contributed by atoms with Crippen LogP contribution in [0, 0.1) is 29.6 Å². The van der Waals surface area contributed by atoms with Crippen molar-refractivity contribution in [3.8, 4) is 12.1 Å². The molecule has 23 heavy (non-hydrogen) atoms. The first-order valence-electron chi connectivity index (χ1n) is 6.88. The lowest BCUT2D eigenvalue weighted by molar-refractivity contribution is -0.112. The number of hydrogen-bond donors (Lipinski definition) is 2. The minimum atomic E-state index is -0.574. The third-order valence-corrected chi connectivity index (χ3v) is 3.06. The Morgan fingerprint density at radius 1 is 1.13 bits per heavy atom. The number of carbonyl (C=O) groups excluding carboxylic acids is 1. The first kappa shape index (κ1) is 15.8. The van der Waals surface area contributed by atoms with E-state index in [1.165, 1.54) is 6.20 Å². The maximum absolute atomic E-state index is 12.1. The third kappa shape index (κ3) is 4.20. The molecule has 0 saturated carbocycles. The Balaban J connectivity index is 2.14. The van der Waals surface area contributed by atoms with Gasteiger partial charge in [-0.05, 0) is 36.8 Å². The zero-order valence-corrected chi connectivity index (χ0v) is 12.5. The zero-order valence-electron chi connectivity index (χ0n) is 12.5. The SMILES string of the molecule is Cc1cccc(N/C=C(/C#N)C(=O)Nc2ccccc2C#N)c1. The first-order valence-corrected chi connectivity index (χ1v) is 6.88. The monoisotopic (exact) mass is 302 g/mol. The fourth-order valence-corrected chi connectivity index (χ4v) is 1.92. The number of nitrogens with one attached hydrogen (secondary N) is 2. The number of hydrogen-bond acceptors (Lipinski definition) is 4. The second kappa shape index (κ2) is 7.44. The summed E-state index contributed by atoms with van der Waals surface area (Å²) in [6.45, 7) is 1.95. The summed E-state index contributed by atoms with van der Waals surface area (Å²) in [5.74, 6) is -0.574. The summed E-state index contributed by atoms with van der Waals surface area (Å²) in [6, 6.07) is 18.0. The van der Waals surface area contributed by atoms with Gasteiger partial charge >= 0.3 is 0 Å². The first-order chi connectivity index (χ1) is 11.1. The van der Waals surface area contributed by atoms with Gasteiger partial charge in [0.1, 0.15) is 17.7 Å². The summed E-state index contributed by atoms with van der Waals surface area (Å²) in [4.78, 5) is 12.1.